The number of piperidine rings is 1. The van der Waals surface area contributed by atoms with Crippen LogP contribution < -0.4 is 10.1 Å². The van der Waals surface area contributed by atoms with Crippen molar-refractivity contribution < 1.29 is 4.74 Å². The molecule has 1 aromatic carbocycles. The van der Waals surface area contributed by atoms with Gasteiger partial charge in [-0.15, -0.1) is 0 Å². The maximum absolute atomic E-state index is 6.02. The molecule has 2 atom stereocenters. The highest BCUT2D eigenvalue weighted by Gasteiger charge is 2.35. The van der Waals surface area contributed by atoms with Gasteiger partial charge in [-0.3, -0.25) is 4.90 Å². The molecule has 4 heteroatoms. The van der Waals surface area contributed by atoms with Crippen LogP contribution in [0.4, 0.5) is 0 Å². The summed E-state index contributed by atoms with van der Waals surface area (Å²) in [7, 11) is 4.25. The predicted molar refractivity (Wildman–Crippen MR) is 105 cm³/mol. The number of fused-ring (bicyclic) bond motifs is 1. The Morgan fingerprint density at radius 2 is 2.00 bits per heavy atom. The lowest BCUT2D eigenvalue weighted by molar-refractivity contribution is 0.0183. The number of hydrogen-bond donors (Lipinski definition) is 1. The highest BCUT2D eigenvalue weighted by Crippen LogP contribution is 2.39. The third-order valence-corrected chi connectivity index (χ3v) is 6.11. The zero-order valence-corrected chi connectivity index (χ0v) is 16.5. The number of nitrogens with one attached hydrogen (secondary N) is 1. The van der Waals surface area contributed by atoms with Crippen molar-refractivity contribution in [2.45, 2.75) is 51.6 Å². The summed E-state index contributed by atoms with van der Waals surface area (Å²) in [5.74, 6) is 1.06. The van der Waals surface area contributed by atoms with E-state index in [2.05, 4.69) is 48.1 Å². The van der Waals surface area contributed by atoms with Gasteiger partial charge in [0.1, 0.15) is 5.75 Å². The third-order valence-electron chi connectivity index (χ3n) is 6.11. The predicted octanol–water partition coefficient (Wildman–Crippen LogP) is 3.13. The maximum atomic E-state index is 6.02. The normalized spacial score (nSPS) is 25.0. The molecule has 0 saturated carbocycles. The SMILES string of the molecule is CNCCCOc1ccc(C2CCCC3CN(C)CCN32)c(C)c1C. The average Bonchev–Trinajstić information content (AvgIpc) is 2.61. The fourth-order valence-corrected chi connectivity index (χ4v) is 4.50. The van der Waals surface area contributed by atoms with Gasteiger partial charge in [0.05, 0.1) is 6.61 Å². The van der Waals surface area contributed by atoms with Crippen LogP contribution in [0.2, 0.25) is 0 Å². The van der Waals surface area contributed by atoms with E-state index in [-0.39, 0.29) is 0 Å². The van der Waals surface area contributed by atoms with Crippen LogP contribution in [-0.4, -0.2) is 62.7 Å². The molecule has 3 rings (SSSR count). The second-order valence-electron chi connectivity index (χ2n) is 7.81. The second kappa shape index (κ2) is 8.52. The monoisotopic (exact) mass is 345 g/mol. The van der Waals surface area contributed by atoms with E-state index >= 15 is 0 Å². The van der Waals surface area contributed by atoms with Gasteiger partial charge in [-0.25, -0.2) is 0 Å². The lowest BCUT2D eigenvalue weighted by Gasteiger charge is -2.48. The minimum Gasteiger partial charge on any atom is -0.493 e. The Hall–Kier alpha value is -1.10. The molecule has 0 aromatic heterocycles. The van der Waals surface area contributed by atoms with E-state index < -0.39 is 0 Å². The summed E-state index contributed by atoms with van der Waals surface area (Å²) in [6.45, 7) is 9.90. The van der Waals surface area contributed by atoms with E-state index in [0.29, 0.717) is 6.04 Å². The first-order chi connectivity index (χ1) is 12.1. The van der Waals surface area contributed by atoms with Crippen LogP contribution in [0.3, 0.4) is 0 Å². The second-order valence-corrected chi connectivity index (χ2v) is 7.81. The van der Waals surface area contributed by atoms with E-state index in [4.69, 9.17) is 4.74 Å². The molecule has 2 fully saturated rings. The fourth-order valence-electron chi connectivity index (χ4n) is 4.50. The molecule has 0 bridgehead atoms. The van der Waals surface area contributed by atoms with Gasteiger partial charge in [-0.2, -0.15) is 0 Å². The highest BCUT2D eigenvalue weighted by atomic mass is 16.5. The summed E-state index contributed by atoms with van der Waals surface area (Å²) >= 11 is 0. The van der Waals surface area contributed by atoms with Crippen molar-refractivity contribution in [3.63, 3.8) is 0 Å². The standard InChI is InChI=1S/C21H35N3O/c1-16-17(2)21(25-14-6-11-22-3)10-9-19(16)20-8-5-7-18-15-23(4)12-13-24(18)20/h9-10,18,20,22H,5-8,11-15H2,1-4H3. The van der Waals surface area contributed by atoms with E-state index in [1.54, 1.807) is 0 Å². The van der Waals surface area contributed by atoms with Crippen molar-refractivity contribution in [1.29, 1.82) is 0 Å². The van der Waals surface area contributed by atoms with Gasteiger partial charge >= 0.3 is 0 Å². The number of likely N-dealkylation sites (N-methyl/N-ethyl adjacent to an activating group) is 1. The molecule has 2 unspecified atom stereocenters. The molecule has 2 heterocycles. The quantitative estimate of drug-likeness (QED) is 0.802. The Morgan fingerprint density at radius 1 is 1.16 bits per heavy atom. The minimum atomic E-state index is 0.587. The Morgan fingerprint density at radius 3 is 2.80 bits per heavy atom. The Bertz CT molecular complexity index is 575. The number of hydrogen-bond acceptors (Lipinski definition) is 4. The number of benzene rings is 1. The summed E-state index contributed by atoms with van der Waals surface area (Å²) in [5.41, 5.74) is 4.27. The zero-order valence-electron chi connectivity index (χ0n) is 16.5. The maximum Gasteiger partial charge on any atom is 0.122 e. The van der Waals surface area contributed by atoms with Gasteiger partial charge in [0.15, 0.2) is 0 Å². The summed E-state index contributed by atoms with van der Waals surface area (Å²) < 4.78 is 6.02. The van der Waals surface area contributed by atoms with Crippen LogP contribution in [0, 0.1) is 13.8 Å². The molecule has 140 valence electrons. The summed E-state index contributed by atoms with van der Waals surface area (Å²) in [6, 6.07) is 5.86. The van der Waals surface area contributed by atoms with Crippen LogP contribution in [0.1, 0.15) is 48.4 Å². The highest BCUT2D eigenvalue weighted by molar-refractivity contribution is 5.45. The minimum absolute atomic E-state index is 0.587. The molecule has 0 spiro atoms. The molecule has 2 aliphatic rings. The van der Waals surface area contributed by atoms with Crippen molar-refractivity contribution in [3.05, 3.63) is 28.8 Å². The van der Waals surface area contributed by atoms with Crippen LogP contribution in [0.5, 0.6) is 5.75 Å². The molecule has 0 aliphatic carbocycles. The van der Waals surface area contributed by atoms with Gasteiger partial charge in [-0.05, 0) is 82.9 Å². The molecule has 0 amide bonds. The van der Waals surface area contributed by atoms with Gasteiger partial charge < -0.3 is 15.0 Å². The Kier molecular flexibility index (Phi) is 6.37. The first-order valence-electron chi connectivity index (χ1n) is 9.93. The van der Waals surface area contributed by atoms with Crippen molar-refractivity contribution in [2.75, 3.05) is 46.9 Å². The van der Waals surface area contributed by atoms with Crippen LogP contribution >= 0.6 is 0 Å². The zero-order chi connectivity index (χ0) is 17.8. The Labute approximate surface area is 153 Å². The van der Waals surface area contributed by atoms with Crippen LogP contribution in [0.25, 0.3) is 0 Å². The topological polar surface area (TPSA) is 27.7 Å². The average molecular weight is 346 g/mol. The van der Waals surface area contributed by atoms with E-state index in [0.717, 1.165) is 31.4 Å². The fraction of sp³-hybridized carbons (Fsp3) is 0.714. The largest absolute Gasteiger partial charge is 0.493 e. The summed E-state index contributed by atoms with van der Waals surface area (Å²) in [4.78, 5) is 5.27. The van der Waals surface area contributed by atoms with Crippen molar-refractivity contribution in [1.82, 2.24) is 15.1 Å². The number of ether oxygens (including phenoxy) is 1. The first kappa shape index (κ1) is 18.7. The van der Waals surface area contributed by atoms with E-state index in [1.165, 1.54) is 55.6 Å². The lowest BCUT2D eigenvalue weighted by atomic mass is 9.86. The van der Waals surface area contributed by atoms with Gasteiger partial charge in [-0.1, -0.05) is 6.07 Å². The molecule has 1 N–H and O–H groups in total. The van der Waals surface area contributed by atoms with Crippen LogP contribution in [-0.2, 0) is 0 Å². The first-order valence-corrected chi connectivity index (χ1v) is 9.93. The number of rotatable bonds is 6. The molecule has 2 saturated heterocycles. The van der Waals surface area contributed by atoms with Gasteiger partial charge in [0.2, 0.25) is 0 Å². The molecule has 1 aromatic rings. The molecular formula is C21H35N3O. The van der Waals surface area contributed by atoms with E-state index in [1.807, 2.05) is 7.05 Å². The smallest absolute Gasteiger partial charge is 0.122 e. The van der Waals surface area contributed by atoms with Gasteiger partial charge in [0, 0.05) is 31.7 Å². The molecule has 0 radical (unpaired) electrons. The molecule has 25 heavy (non-hydrogen) atoms. The molecular weight excluding hydrogens is 310 g/mol. The van der Waals surface area contributed by atoms with Crippen molar-refractivity contribution in [2.24, 2.45) is 0 Å². The number of nitrogens with zero attached hydrogens (tertiary/aromatic N) is 2. The van der Waals surface area contributed by atoms with Gasteiger partial charge in [0.25, 0.3) is 0 Å². The number of piperazine rings is 1. The van der Waals surface area contributed by atoms with Crippen molar-refractivity contribution >= 4 is 0 Å². The summed E-state index contributed by atoms with van der Waals surface area (Å²) in [6.07, 6.45) is 5.04. The molecule has 2 aliphatic heterocycles. The molecule has 4 nitrogen and oxygen atoms in total. The van der Waals surface area contributed by atoms with Crippen LogP contribution in [0.15, 0.2) is 12.1 Å². The Balaban J connectivity index is 1.74. The lowest BCUT2D eigenvalue weighted by Crippen LogP contribution is -2.54. The van der Waals surface area contributed by atoms with Crippen molar-refractivity contribution in [3.8, 4) is 5.75 Å². The summed E-state index contributed by atoms with van der Waals surface area (Å²) in [5, 5.41) is 3.17. The van der Waals surface area contributed by atoms with E-state index in [9.17, 15) is 0 Å². The third kappa shape index (κ3) is 4.18.